The summed E-state index contributed by atoms with van der Waals surface area (Å²) in [7, 11) is 0. The summed E-state index contributed by atoms with van der Waals surface area (Å²) < 4.78 is 0. The maximum atomic E-state index is 11.4. The monoisotopic (exact) mass is 374 g/mol. The van der Waals surface area contributed by atoms with E-state index in [9.17, 15) is 14.7 Å². The van der Waals surface area contributed by atoms with Crippen LogP contribution in [0.5, 0.6) is 0 Å². The predicted octanol–water partition coefficient (Wildman–Crippen LogP) is 5.13. The Morgan fingerprint density at radius 2 is 1.70 bits per heavy atom. The second-order valence-electron chi connectivity index (χ2n) is 10.3. The third-order valence-electron chi connectivity index (χ3n) is 9.26. The molecule has 4 aliphatic rings. The lowest BCUT2D eigenvalue weighted by atomic mass is 9.46. The second-order valence-corrected chi connectivity index (χ2v) is 10.3. The number of carboxylic acids is 2. The minimum atomic E-state index is -0.682. The molecule has 0 amide bonds. The van der Waals surface area contributed by atoms with Crippen LogP contribution < -0.4 is 0 Å². The van der Waals surface area contributed by atoms with Crippen LogP contribution in [0.4, 0.5) is 0 Å². The molecule has 0 aromatic heterocycles. The molecule has 4 nitrogen and oxygen atoms in total. The third-order valence-corrected chi connectivity index (χ3v) is 9.26. The Morgan fingerprint density at radius 1 is 0.963 bits per heavy atom. The van der Waals surface area contributed by atoms with Crippen molar-refractivity contribution in [3.63, 3.8) is 0 Å². The summed E-state index contributed by atoms with van der Waals surface area (Å²) in [4.78, 5) is 22.5. The Kier molecular flexibility index (Phi) is 4.67. The summed E-state index contributed by atoms with van der Waals surface area (Å²) in [6, 6.07) is 0. The highest BCUT2D eigenvalue weighted by molar-refractivity contribution is 5.67. The molecule has 0 spiro atoms. The zero-order valence-electron chi connectivity index (χ0n) is 16.7. The molecule has 7 atom stereocenters. The van der Waals surface area contributed by atoms with Crippen molar-refractivity contribution in [3.05, 3.63) is 11.6 Å². The van der Waals surface area contributed by atoms with E-state index in [4.69, 9.17) is 5.11 Å². The van der Waals surface area contributed by atoms with Crippen molar-refractivity contribution < 1.29 is 19.8 Å². The normalized spacial score (nSPS) is 46.0. The van der Waals surface area contributed by atoms with Crippen LogP contribution in [0.1, 0.15) is 78.1 Å². The zero-order chi connectivity index (χ0) is 19.4. The van der Waals surface area contributed by atoms with Gasteiger partial charge in [0.25, 0.3) is 0 Å². The van der Waals surface area contributed by atoms with Crippen molar-refractivity contribution in [2.24, 2.45) is 40.4 Å². The first-order valence-corrected chi connectivity index (χ1v) is 10.9. The molecular weight excluding hydrogens is 340 g/mol. The minimum Gasteiger partial charge on any atom is -0.481 e. The van der Waals surface area contributed by atoms with Gasteiger partial charge in [-0.3, -0.25) is 9.59 Å². The quantitative estimate of drug-likeness (QED) is 0.669. The van der Waals surface area contributed by atoms with Crippen molar-refractivity contribution in [1.82, 2.24) is 0 Å². The van der Waals surface area contributed by atoms with Crippen molar-refractivity contribution in [1.29, 1.82) is 0 Å². The number of fused-ring (bicyclic) bond motifs is 5. The fourth-order valence-electron chi connectivity index (χ4n) is 7.84. The molecule has 0 aromatic rings. The molecule has 1 unspecified atom stereocenters. The van der Waals surface area contributed by atoms with E-state index < -0.39 is 11.9 Å². The molecule has 0 aromatic carbocycles. The Balaban J connectivity index is 1.56. The van der Waals surface area contributed by atoms with Gasteiger partial charge in [0.15, 0.2) is 0 Å². The van der Waals surface area contributed by atoms with E-state index in [2.05, 4.69) is 19.9 Å². The lowest BCUT2D eigenvalue weighted by Crippen LogP contribution is -2.50. The van der Waals surface area contributed by atoms with Gasteiger partial charge in [-0.05, 0) is 91.8 Å². The van der Waals surface area contributed by atoms with Crippen LogP contribution in [0.15, 0.2) is 11.6 Å². The molecule has 4 aliphatic carbocycles. The van der Waals surface area contributed by atoms with Gasteiger partial charge in [0, 0.05) is 6.42 Å². The Labute approximate surface area is 162 Å². The summed E-state index contributed by atoms with van der Waals surface area (Å²) in [5, 5.41) is 18.5. The number of aliphatic carboxylic acids is 2. The molecule has 3 saturated carbocycles. The van der Waals surface area contributed by atoms with E-state index in [1.807, 2.05) is 0 Å². The average molecular weight is 375 g/mol. The zero-order valence-corrected chi connectivity index (χ0v) is 16.7. The highest BCUT2D eigenvalue weighted by Crippen LogP contribution is 2.67. The fourth-order valence-corrected chi connectivity index (χ4v) is 7.84. The standard InChI is InChI=1S/C23H34O4/c1-22-9-7-14(12-20(24)25)11-15(22)3-5-17-18-6-4-16(13-21(26)27)23(18,2)10-8-19(17)22/h11,14,16-19H,3-10,12-13H2,1-2H3,(H,24,25)(H,26,27)/t14?,16-,17+,18+,19+,22+,23-/m1/s1. The van der Waals surface area contributed by atoms with Crippen LogP contribution in [-0.2, 0) is 9.59 Å². The van der Waals surface area contributed by atoms with Crippen LogP contribution in [0.3, 0.4) is 0 Å². The van der Waals surface area contributed by atoms with Gasteiger partial charge < -0.3 is 10.2 Å². The van der Waals surface area contributed by atoms with E-state index in [1.165, 1.54) is 24.8 Å². The highest BCUT2D eigenvalue weighted by Gasteiger charge is 2.58. The number of rotatable bonds is 4. The van der Waals surface area contributed by atoms with E-state index in [1.54, 1.807) is 0 Å². The first kappa shape index (κ1) is 19.0. The summed E-state index contributed by atoms with van der Waals surface area (Å²) in [6.45, 7) is 4.82. The molecule has 150 valence electrons. The first-order chi connectivity index (χ1) is 12.7. The van der Waals surface area contributed by atoms with Gasteiger partial charge in [-0.15, -0.1) is 0 Å². The van der Waals surface area contributed by atoms with Gasteiger partial charge in [0.05, 0.1) is 6.42 Å². The number of hydrogen-bond acceptors (Lipinski definition) is 2. The maximum absolute atomic E-state index is 11.4. The first-order valence-electron chi connectivity index (χ1n) is 10.9. The van der Waals surface area contributed by atoms with E-state index in [0.29, 0.717) is 24.2 Å². The summed E-state index contributed by atoms with van der Waals surface area (Å²) in [6.07, 6.45) is 12.0. The van der Waals surface area contributed by atoms with Crippen LogP contribution in [0.25, 0.3) is 0 Å². The van der Waals surface area contributed by atoms with Crippen LogP contribution >= 0.6 is 0 Å². The van der Waals surface area contributed by atoms with Crippen molar-refractivity contribution in [2.45, 2.75) is 78.1 Å². The predicted molar refractivity (Wildman–Crippen MR) is 103 cm³/mol. The third kappa shape index (κ3) is 3.03. The van der Waals surface area contributed by atoms with Gasteiger partial charge in [-0.2, -0.15) is 0 Å². The summed E-state index contributed by atoms with van der Waals surface area (Å²) in [5.74, 6) is 1.33. The van der Waals surface area contributed by atoms with Gasteiger partial charge in [0.2, 0.25) is 0 Å². The molecule has 4 heteroatoms. The Hall–Kier alpha value is -1.32. The molecule has 0 radical (unpaired) electrons. The van der Waals surface area contributed by atoms with Crippen molar-refractivity contribution in [2.75, 3.05) is 0 Å². The molecule has 2 N–H and O–H groups in total. The van der Waals surface area contributed by atoms with E-state index in [0.717, 1.165) is 38.0 Å². The Morgan fingerprint density at radius 3 is 2.41 bits per heavy atom. The molecule has 3 fully saturated rings. The number of hydrogen-bond donors (Lipinski definition) is 2. The SMILES string of the molecule is C[C@]12CC[C@H]3[C@@H](CCC4=CC(CC(=O)O)CC[C@@]43C)[C@@H]1CC[C@@H]2CC(=O)O. The minimum absolute atomic E-state index is 0.206. The highest BCUT2D eigenvalue weighted by atomic mass is 16.4. The molecule has 0 saturated heterocycles. The summed E-state index contributed by atoms with van der Waals surface area (Å²) in [5.41, 5.74) is 1.98. The van der Waals surface area contributed by atoms with E-state index >= 15 is 0 Å². The molecule has 4 rings (SSSR count). The molecule has 0 bridgehead atoms. The lowest BCUT2D eigenvalue weighted by Gasteiger charge is -2.58. The molecule has 27 heavy (non-hydrogen) atoms. The second kappa shape index (κ2) is 6.63. The number of allylic oxidation sites excluding steroid dienone is 2. The maximum Gasteiger partial charge on any atom is 0.303 e. The number of carboxylic acid groups (broad SMARTS) is 2. The van der Waals surface area contributed by atoms with Crippen LogP contribution in [0.2, 0.25) is 0 Å². The molecule has 0 heterocycles. The Bertz CT molecular complexity index is 667. The van der Waals surface area contributed by atoms with Crippen molar-refractivity contribution >= 4 is 11.9 Å². The lowest BCUT2D eigenvalue weighted by molar-refractivity contribution is -0.140. The van der Waals surface area contributed by atoms with Crippen LogP contribution in [-0.4, -0.2) is 22.2 Å². The topological polar surface area (TPSA) is 74.6 Å². The van der Waals surface area contributed by atoms with Crippen LogP contribution in [0, 0.1) is 40.4 Å². The van der Waals surface area contributed by atoms with Gasteiger partial charge in [-0.1, -0.05) is 25.5 Å². The van der Waals surface area contributed by atoms with Gasteiger partial charge >= 0.3 is 11.9 Å². The molecule has 0 aliphatic heterocycles. The van der Waals surface area contributed by atoms with E-state index in [-0.39, 0.29) is 23.2 Å². The largest absolute Gasteiger partial charge is 0.481 e. The molecular formula is C23H34O4. The average Bonchev–Trinajstić information content (AvgIpc) is 2.91. The van der Waals surface area contributed by atoms with Gasteiger partial charge in [0.1, 0.15) is 0 Å². The number of carbonyl (C=O) groups is 2. The fraction of sp³-hybridized carbons (Fsp3) is 0.826. The summed E-state index contributed by atoms with van der Waals surface area (Å²) >= 11 is 0. The van der Waals surface area contributed by atoms with Gasteiger partial charge in [-0.25, -0.2) is 0 Å². The smallest absolute Gasteiger partial charge is 0.303 e. The van der Waals surface area contributed by atoms with Crippen molar-refractivity contribution in [3.8, 4) is 0 Å².